The van der Waals surface area contributed by atoms with E-state index in [9.17, 15) is 4.79 Å². The third kappa shape index (κ3) is 3.42. The number of nitrogens with zero attached hydrogens (tertiary/aromatic N) is 2. The van der Waals surface area contributed by atoms with E-state index in [-0.39, 0.29) is 23.8 Å². The molecule has 0 aliphatic carbocycles. The van der Waals surface area contributed by atoms with Gasteiger partial charge >= 0.3 is 0 Å². The number of carbonyl (C=O) groups is 1. The summed E-state index contributed by atoms with van der Waals surface area (Å²) in [6, 6.07) is 2.25. The van der Waals surface area contributed by atoms with Crippen LogP contribution in [0, 0.1) is 23.2 Å². The summed E-state index contributed by atoms with van der Waals surface area (Å²) in [4.78, 5) is 14.0. The zero-order valence-corrected chi connectivity index (χ0v) is 10.8. The molecule has 1 fully saturated rings. The van der Waals surface area contributed by atoms with E-state index >= 15 is 0 Å². The van der Waals surface area contributed by atoms with Crippen molar-refractivity contribution in [1.82, 2.24) is 10.2 Å². The van der Waals surface area contributed by atoms with Crippen molar-refractivity contribution in [3.8, 4) is 6.07 Å². The lowest BCUT2D eigenvalue weighted by Crippen LogP contribution is -2.45. The number of hydrogen-bond donors (Lipinski definition) is 1. The van der Waals surface area contributed by atoms with Crippen LogP contribution >= 0.6 is 0 Å². The van der Waals surface area contributed by atoms with E-state index in [1.807, 2.05) is 20.9 Å². The van der Waals surface area contributed by atoms with Gasteiger partial charge in [0.1, 0.15) is 0 Å². The van der Waals surface area contributed by atoms with Gasteiger partial charge in [-0.1, -0.05) is 0 Å². The molecule has 17 heavy (non-hydrogen) atoms. The summed E-state index contributed by atoms with van der Waals surface area (Å²) < 4.78 is 5.33. The van der Waals surface area contributed by atoms with Crippen molar-refractivity contribution in [3.05, 3.63) is 0 Å². The number of hydrogen-bond acceptors (Lipinski definition) is 4. The molecule has 0 radical (unpaired) electrons. The first-order valence-electron chi connectivity index (χ1n) is 6.07. The summed E-state index contributed by atoms with van der Waals surface area (Å²) >= 11 is 0. The third-order valence-electron chi connectivity index (χ3n) is 3.18. The van der Waals surface area contributed by atoms with Gasteiger partial charge in [-0.05, 0) is 20.9 Å². The van der Waals surface area contributed by atoms with Crippen LogP contribution in [0.5, 0.6) is 0 Å². The minimum absolute atomic E-state index is 0.0893. The van der Waals surface area contributed by atoms with Gasteiger partial charge in [0.2, 0.25) is 5.91 Å². The second-order valence-electron chi connectivity index (χ2n) is 4.45. The molecule has 1 aliphatic heterocycles. The lowest BCUT2D eigenvalue weighted by atomic mass is 10.0. The van der Waals surface area contributed by atoms with E-state index in [0.29, 0.717) is 26.3 Å². The maximum Gasteiger partial charge on any atom is 0.229 e. The van der Waals surface area contributed by atoms with Gasteiger partial charge in [0.15, 0.2) is 0 Å². The van der Waals surface area contributed by atoms with Crippen molar-refractivity contribution in [2.75, 3.05) is 33.4 Å². The van der Waals surface area contributed by atoms with Crippen LogP contribution in [-0.4, -0.2) is 50.2 Å². The maximum absolute atomic E-state index is 12.3. The molecule has 1 N–H and O–H groups in total. The molecule has 0 aromatic rings. The lowest BCUT2D eigenvalue weighted by molar-refractivity contribution is -0.136. The fraction of sp³-hybridized carbons (Fsp3) is 0.833. The SMILES string of the molecule is CCN(CC(C)C#N)C(=O)C1COCC1NC. The largest absolute Gasteiger partial charge is 0.379 e. The van der Waals surface area contributed by atoms with Crippen LogP contribution in [0.15, 0.2) is 0 Å². The molecule has 1 amide bonds. The Morgan fingerprint density at radius 3 is 2.88 bits per heavy atom. The number of nitriles is 1. The number of carbonyl (C=O) groups excluding carboxylic acids is 1. The highest BCUT2D eigenvalue weighted by molar-refractivity contribution is 5.80. The van der Waals surface area contributed by atoms with Gasteiger partial charge in [0.05, 0.1) is 31.1 Å². The molecule has 5 nitrogen and oxygen atoms in total. The van der Waals surface area contributed by atoms with Crippen LogP contribution in [-0.2, 0) is 9.53 Å². The topological polar surface area (TPSA) is 65.4 Å². The second kappa shape index (κ2) is 6.58. The maximum atomic E-state index is 12.3. The highest BCUT2D eigenvalue weighted by Crippen LogP contribution is 2.17. The number of amides is 1. The van der Waals surface area contributed by atoms with Crippen LogP contribution in [0.4, 0.5) is 0 Å². The minimum atomic E-state index is -0.130. The number of rotatable bonds is 5. The molecule has 0 saturated carbocycles. The van der Waals surface area contributed by atoms with Crippen molar-refractivity contribution >= 4 is 5.91 Å². The van der Waals surface area contributed by atoms with Gasteiger partial charge in [-0.2, -0.15) is 5.26 Å². The first-order chi connectivity index (χ1) is 8.13. The zero-order chi connectivity index (χ0) is 12.8. The summed E-state index contributed by atoms with van der Waals surface area (Å²) in [5.41, 5.74) is 0. The molecule has 1 aliphatic rings. The van der Waals surface area contributed by atoms with E-state index in [1.54, 1.807) is 4.90 Å². The van der Waals surface area contributed by atoms with E-state index in [1.165, 1.54) is 0 Å². The summed E-state index contributed by atoms with van der Waals surface area (Å²) in [5.74, 6) is -0.161. The molecule has 1 saturated heterocycles. The van der Waals surface area contributed by atoms with E-state index in [4.69, 9.17) is 10.00 Å². The average molecular weight is 239 g/mol. The van der Waals surface area contributed by atoms with Gasteiger partial charge in [-0.15, -0.1) is 0 Å². The summed E-state index contributed by atoms with van der Waals surface area (Å²) in [6.45, 7) is 5.96. The van der Waals surface area contributed by atoms with Crippen molar-refractivity contribution in [3.63, 3.8) is 0 Å². The van der Waals surface area contributed by atoms with Crippen LogP contribution < -0.4 is 5.32 Å². The Bertz CT molecular complexity index is 301. The molecule has 0 bridgehead atoms. The monoisotopic (exact) mass is 239 g/mol. The molecule has 0 aromatic heterocycles. The van der Waals surface area contributed by atoms with E-state index in [0.717, 1.165) is 0 Å². The van der Waals surface area contributed by atoms with Crippen LogP contribution in [0.25, 0.3) is 0 Å². The normalized spacial score (nSPS) is 25.3. The van der Waals surface area contributed by atoms with E-state index in [2.05, 4.69) is 11.4 Å². The van der Waals surface area contributed by atoms with Gasteiger partial charge in [-0.25, -0.2) is 0 Å². The molecule has 1 heterocycles. The fourth-order valence-corrected chi connectivity index (χ4v) is 2.06. The lowest BCUT2D eigenvalue weighted by Gasteiger charge is -2.27. The summed E-state index contributed by atoms with van der Waals surface area (Å²) in [6.07, 6.45) is 0. The Hall–Kier alpha value is -1.12. The Kier molecular flexibility index (Phi) is 5.39. The Morgan fingerprint density at radius 1 is 1.65 bits per heavy atom. The first-order valence-corrected chi connectivity index (χ1v) is 6.07. The Morgan fingerprint density at radius 2 is 2.35 bits per heavy atom. The first kappa shape index (κ1) is 13.9. The van der Waals surface area contributed by atoms with Gasteiger partial charge in [-0.3, -0.25) is 4.79 Å². The van der Waals surface area contributed by atoms with Gasteiger partial charge in [0.25, 0.3) is 0 Å². The Balaban J connectivity index is 2.62. The molecular formula is C12H21N3O2. The third-order valence-corrected chi connectivity index (χ3v) is 3.18. The molecule has 3 atom stereocenters. The van der Waals surface area contributed by atoms with Crippen LogP contribution in [0.2, 0.25) is 0 Å². The molecule has 0 aromatic carbocycles. The van der Waals surface area contributed by atoms with Crippen molar-refractivity contribution in [1.29, 1.82) is 5.26 Å². The number of ether oxygens (including phenoxy) is 1. The van der Waals surface area contributed by atoms with E-state index < -0.39 is 0 Å². The zero-order valence-electron chi connectivity index (χ0n) is 10.8. The molecular weight excluding hydrogens is 218 g/mol. The molecule has 3 unspecified atom stereocenters. The Labute approximate surface area is 103 Å². The molecule has 96 valence electrons. The summed E-state index contributed by atoms with van der Waals surface area (Å²) in [7, 11) is 1.84. The number of nitrogens with one attached hydrogen (secondary N) is 1. The van der Waals surface area contributed by atoms with Crippen LogP contribution in [0.1, 0.15) is 13.8 Å². The van der Waals surface area contributed by atoms with Crippen molar-refractivity contribution in [2.45, 2.75) is 19.9 Å². The molecule has 5 heteroatoms. The van der Waals surface area contributed by atoms with Crippen molar-refractivity contribution < 1.29 is 9.53 Å². The molecule has 1 rings (SSSR count). The highest BCUT2D eigenvalue weighted by Gasteiger charge is 2.35. The highest BCUT2D eigenvalue weighted by atomic mass is 16.5. The minimum Gasteiger partial charge on any atom is -0.379 e. The summed E-state index contributed by atoms with van der Waals surface area (Å²) in [5, 5.41) is 11.9. The fourth-order valence-electron chi connectivity index (χ4n) is 2.06. The second-order valence-corrected chi connectivity index (χ2v) is 4.45. The van der Waals surface area contributed by atoms with Gasteiger partial charge < -0.3 is 15.0 Å². The molecule has 0 spiro atoms. The quantitative estimate of drug-likeness (QED) is 0.746. The average Bonchev–Trinajstić information content (AvgIpc) is 2.82. The smallest absolute Gasteiger partial charge is 0.229 e. The predicted octanol–water partition coefficient (Wildman–Crippen LogP) is 0.229. The van der Waals surface area contributed by atoms with Gasteiger partial charge in [0, 0.05) is 19.1 Å². The predicted molar refractivity (Wildman–Crippen MR) is 64.2 cm³/mol. The standard InChI is InChI=1S/C12H21N3O2/c1-4-15(6-9(2)5-13)12(16)10-7-17-8-11(10)14-3/h9-11,14H,4,6-8H2,1-3H3. The number of likely N-dealkylation sites (N-methyl/N-ethyl adjacent to an activating group) is 1. The van der Waals surface area contributed by atoms with Crippen molar-refractivity contribution in [2.24, 2.45) is 11.8 Å². The van der Waals surface area contributed by atoms with Crippen LogP contribution in [0.3, 0.4) is 0 Å².